The number of fused-ring (bicyclic) bond motifs is 1. The number of hydrogen-bond donors (Lipinski definition) is 3. The monoisotopic (exact) mass is 567 g/mol. The fraction of sp³-hybridized carbons (Fsp3) is 0.148. The second-order valence-electron chi connectivity index (χ2n) is 8.25. The normalized spacial score (nSPS) is 12.1. The Balaban J connectivity index is 1.23. The molecule has 1 aromatic heterocycles. The van der Waals surface area contributed by atoms with Crippen molar-refractivity contribution in [1.82, 2.24) is 10.0 Å². The summed E-state index contributed by atoms with van der Waals surface area (Å²) in [4.78, 5) is 12.2. The number of carbonyl (C=O) groups excluding carboxylic acids is 1. The van der Waals surface area contributed by atoms with E-state index in [0.717, 1.165) is 11.3 Å². The van der Waals surface area contributed by atoms with Gasteiger partial charge in [0.05, 0.1) is 7.11 Å². The van der Waals surface area contributed by atoms with Crippen LogP contribution in [0.3, 0.4) is 0 Å². The summed E-state index contributed by atoms with van der Waals surface area (Å²) in [5.41, 5.74) is 1.68. The number of rotatable bonds is 10. The molecule has 2 heterocycles. The zero-order valence-corrected chi connectivity index (χ0v) is 22.4. The molecule has 0 saturated carbocycles. The van der Waals surface area contributed by atoms with Crippen LogP contribution in [0.25, 0.3) is 11.1 Å². The molecule has 1 aliphatic heterocycles. The van der Waals surface area contributed by atoms with Crippen LogP contribution in [0.15, 0.2) is 82.4 Å². The minimum absolute atomic E-state index is 0.000543. The number of para-hydroxylation sites is 1. The predicted molar refractivity (Wildman–Crippen MR) is 148 cm³/mol. The third-order valence-electron chi connectivity index (χ3n) is 5.65. The molecule has 5 rings (SSSR count). The Morgan fingerprint density at radius 3 is 2.64 bits per heavy atom. The van der Waals surface area contributed by atoms with Gasteiger partial charge in [-0.1, -0.05) is 24.3 Å². The van der Waals surface area contributed by atoms with Crippen molar-refractivity contribution in [2.75, 3.05) is 32.3 Å². The van der Waals surface area contributed by atoms with Crippen molar-refractivity contribution in [2.45, 2.75) is 4.21 Å². The summed E-state index contributed by atoms with van der Waals surface area (Å²) in [6.45, 7) is 0.237. The second-order valence-corrected chi connectivity index (χ2v) is 11.1. The Morgan fingerprint density at radius 2 is 1.77 bits per heavy atom. The first-order valence-corrected chi connectivity index (χ1v) is 14.2. The number of hydrogen-bond acceptors (Lipinski definition) is 8. The average molecular weight is 568 g/mol. The summed E-state index contributed by atoms with van der Waals surface area (Å²) in [5, 5.41) is 7.02. The van der Waals surface area contributed by atoms with Gasteiger partial charge in [0, 0.05) is 42.0 Å². The molecule has 4 aromatic rings. The van der Waals surface area contributed by atoms with E-state index in [0.29, 0.717) is 45.6 Å². The Hall–Kier alpha value is -4.26. The summed E-state index contributed by atoms with van der Waals surface area (Å²) in [7, 11) is -2.33. The highest BCUT2D eigenvalue weighted by Crippen LogP contribution is 2.41. The topological polar surface area (TPSA) is 124 Å². The van der Waals surface area contributed by atoms with Gasteiger partial charge in [-0.05, 0) is 41.8 Å². The van der Waals surface area contributed by atoms with Gasteiger partial charge in [-0.2, -0.15) is 0 Å². The van der Waals surface area contributed by atoms with Crippen LogP contribution in [0.4, 0.5) is 10.5 Å². The fourth-order valence-electron chi connectivity index (χ4n) is 3.85. The Bertz CT molecular complexity index is 1590. The highest BCUT2D eigenvalue weighted by atomic mass is 32.2. The molecular formula is C27H25N3O7S2. The van der Waals surface area contributed by atoms with Crippen molar-refractivity contribution < 1.29 is 32.2 Å². The number of nitrogens with one attached hydrogen (secondary N) is 3. The smallest absolute Gasteiger partial charge is 0.319 e. The number of methoxy groups -OCH3 is 1. The molecule has 0 fully saturated rings. The van der Waals surface area contributed by atoms with Crippen LogP contribution < -0.4 is 34.3 Å². The van der Waals surface area contributed by atoms with E-state index in [1.54, 1.807) is 66.0 Å². The molecule has 202 valence electrons. The second kappa shape index (κ2) is 11.6. The number of thiophene rings is 1. The molecule has 0 aliphatic carbocycles. The number of anilines is 1. The zero-order valence-electron chi connectivity index (χ0n) is 20.8. The van der Waals surface area contributed by atoms with Crippen molar-refractivity contribution in [2.24, 2.45) is 0 Å². The van der Waals surface area contributed by atoms with E-state index in [2.05, 4.69) is 15.4 Å². The van der Waals surface area contributed by atoms with Crippen molar-refractivity contribution in [3.8, 4) is 39.9 Å². The van der Waals surface area contributed by atoms with Gasteiger partial charge in [0.2, 0.25) is 6.79 Å². The van der Waals surface area contributed by atoms with Crippen LogP contribution in [0.2, 0.25) is 0 Å². The van der Waals surface area contributed by atoms with Gasteiger partial charge >= 0.3 is 6.03 Å². The molecule has 3 aromatic carbocycles. The van der Waals surface area contributed by atoms with Gasteiger partial charge in [0.25, 0.3) is 10.0 Å². The standard InChI is InChI=1S/C27H25N3O7S2/c1-34-19-6-4-5-18(15-19)30-27(31)28-12-13-29-39(32,33)26-22(11-14-38-26)21-7-2-3-8-23(21)37-20-9-10-24-25(16-20)36-17-35-24/h2-11,14-16,29H,12-13,17H2,1H3,(H2,28,30,31). The van der Waals surface area contributed by atoms with E-state index in [-0.39, 0.29) is 24.1 Å². The minimum atomic E-state index is -3.87. The quantitative estimate of drug-likeness (QED) is 0.229. The highest BCUT2D eigenvalue weighted by molar-refractivity contribution is 7.91. The molecule has 3 N–H and O–H groups in total. The number of sulfonamides is 1. The van der Waals surface area contributed by atoms with E-state index in [1.165, 1.54) is 7.11 Å². The molecule has 0 atom stereocenters. The first-order chi connectivity index (χ1) is 18.9. The van der Waals surface area contributed by atoms with Crippen LogP contribution in [0, 0.1) is 0 Å². The van der Waals surface area contributed by atoms with Gasteiger partial charge in [0.15, 0.2) is 11.5 Å². The van der Waals surface area contributed by atoms with Crippen molar-refractivity contribution in [1.29, 1.82) is 0 Å². The molecule has 0 spiro atoms. The number of amides is 2. The van der Waals surface area contributed by atoms with E-state index in [4.69, 9.17) is 18.9 Å². The maximum atomic E-state index is 13.2. The van der Waals surface area contributed by atoms with Crippen molar-refractivity contribution in [3.63, 3.8) is 0 Å². The average Bonchev–Trinajstić information content (AvgIpc) is 3.62. The molecule has 0 saturated heterocycles. The van der Waals surface area contributed by atoms with Crippen LogP contribution in [-0.2, 0) is 10.0 Å². The molecule has 1 aliphatic rings. The third-order valence-corrected chi connectivity index (χ3v) is 8.60. The summed E-state index contributed by atoms with van der Waals surface area (Å²) in [5.74, 6) is 2.85. The summed E-state index contributed by atoms with van der Waals surface area (Å²) in [6, 6.07) is 20.6. The highest BCUT2D eigenvalue weighted by Gasteiger charge is 2.23. The summed E-state index contributed by atoms with van der Waals surface area (Å²) >= 11 is 1.10. The molecule has 39 heavy (non-hydrogen) atoms. The number of urea groups is 1. The third kappa shape index (κ3) is 6.25. The van der Waals surface area contributed by atoms with Crippen LogP contribution in [0.1, 0.15) is 0 Å². The first kappa shape index (κ1) is 26.4. The maximum absolute atomic E-state index is 13.2. The Morgan fingerprint density at radius 1 is 0.923 bits per heavy atom. The van der Waals surface area contributed by atoms with E-state index in [1.807, 2.05) is 12.1 Å². The predicted octanol–water partition coefficient (Wildman–Crippen LogP) is 5.04. The Kier molecular flexibility index (Phi) is 7.87. The van der Waals surface area contributed by atoms with Gasteiger partial charge in [-0.3, -0.25) is 0 Å². The van der Waals surface area contributed by atoms with E-state index in [9.17, 15) is 13.2 Å². The lowest BCUT2D eigenvalue weighted by Crippen LogP contribution is -2.36. The molecular weight excluding hydrogens is 542 g/mol. The van der Waals surface area contributed by atoms with Crippen molar-refractivity contribution >= 4 is 33.1 Å². The lowest BCUT2D eigenvalue weighted by molar-refractivity contribution is 0.174. The Labute approximate surface area is 229 Å². The number of ether oxygens (including phenoxy) is 4. The molecule has 0 unspecified atom stereocenters. The lowest BCUT2D eigenvalue weighted by Gasteiger charge is -2.13. The lowest BCUT2D eigenvalue weighted by atomic mass is 10.1. The summed E-state index contributed by atoms with van der Waals surface area (Å²) in [6.07, 6.45) is 0. The van der Waals surface area contributed by atoms with Crippen molar-refractivity contribution in [3.05, 3.63) is 78.2 Å². The fourth-order valence-corrected chi connectivity index (χ4v) is 6.30. The van der Waals surface area contributed by atoms with Gasteiger partial charge in [0.1, 0.15) is 21.5 Å². The largest absolute Gasteiger partial charge is 0.497 e. The summed E-state index contributed by atoms with van der Waals surface area (Å²) < 4.78 is 51.1. The minimum Gasteiger partial charge on any atom is -0.497 e. The maximum Gasteiger partial charge on any atom is 0.319 e. The van der Waals surface area contributed by atoms with E-state index >= 15 is 0 Å². The number of carbonyl (C=O) groups is 1. The van der Waals surface area contributed by atoms with E-state index < -0.39 is 16.1 Å². The van der Waals surface area contributed by atoms with Crippen LogP contribution in [-0.4, -0.2) is 41.4 Å². The number of benzene rings is 3. The molecule has 2 amide bonds. The van der Waals surface area contributed by atoms with Crippen LogP contribution >= 0.6 is 11.3 Å². The molecule has 10 nitrogen and oxygen atoms in total. The molecule has 12 heteroatoms. The first-order valence-electron chi connectivity index (χ1n) is 11.9. The molecule has 0 radical (unpaired) electrons. The SMILES string of the molecule is COc1cccc(NC(=O)NCCNS(=O)(=O)c2sccc2-c2ccccc2Oc2ccc3c(c2)OCO3)c1. The van der Waals surface area contributed by atoms with Gasteiger partial charge < -0.3 is 29.6 Å². The van der Waals surface area contributed by atoms with Gasteiger partial charge in [-0.15, -0.1) is 11.3 Å². The molecule has 0 bridgehead atoms. The van der Waals surface area contributed by atoms with Gasteiger partial charge in [-0.25, -0.2) is 17.9 Å². The zero-order chi connectivity index (χ0) is 27.2. The van der Waals surface area contributed by atoms with Crippen LogP contribution in [0.5, 0.6) is 28.7 Å².